The predicted molar refractivity (Wildman–Crippen MR) is 54.3 cm³/mol. The van der Waals surface area contributed by atoms with E-state index >= 15 is 0 Å². The van der Waals surface area contributed by atoms with Crippen LogP contribution in [0.3, 0.4) is 0 Å². The third-order valence-corrected chi connectivity index (χ3v) is 1.98. The summed E-state index contributed by atoms with van der Waals surface area (Å²) in [6, 6.07) is 7.77. The molecule has 1 atom stereocenters. The highest BCUT2D eigenvalue weighted by molar-refractivity contribution is 5.26. The van der Waals surface area contributed by atoms with Crippen molar-refractivity contribution in [2.24, 2.45) is 0 Å². The maximum Gasteiger partial charge on any atom is 0.154 e. The van der Waals surface area contributed by atoms with E-state index in [2.05, 4.69) is 0 Å². The van der Waals surface area contributed by atoms with Gasteiger partial charge in [-0.15, -0.1) is 0 Å². The Hall–Kier alpha value is -1.06. The van der Waals surface area contributed by atoms with Crippen LogP contribution in [0.25, 0.3) is 0 Å². The lowest BCUT2D eigenvalue weighted by molar-refractivity contribution is -0.118. The monoisotopic (exact) mass is 196 g/mol. The number of hydrogen-bond acceptors (Lipinski definition) is 3. The zero-order chi connectivity index (χ0) is 10.4. The van der Waals surface area contributed by atoms with Gasteiger partial charge in [-0.2, -0.15) is 0 Å². The summed E-state index contributed by atoms with van der Waals surface area (Å²) < 4.78 is 15.4. The van der Waals surface area contributed by atoms with E-state index in [0.717, 1.165) is 11.3 Å². The van der Waals surface area contributed by atoms with Crippen LogP contribution in [0.15, 0.2) is 24.3 Å². The smallest absolute Gasteiger partial charge is 0.154 e. The summed E-state index contributed by atoms with van der Waals surface area (Å²) in [6.45, 7) is 2.42. The van der Waals surface area contributed by atoms with Gasteiger partial charge in [0.15, 0.2) is 6.29 Å². The quantitative estimate of drug-likeness (QED) is 0.676. The largest absolute Gasteiger partial charge is 0.497 e. The van der Waals surface area contributed by atoms with E-state index in [1.807, 2.05) is 31.2 Å². The van der Waals surface area contributed by atoms with Gasteiger partial charge in [-0.3, -0.25) is 0 Å². The van der Waals surface area contributed by atoms with Crippen LogP contribution in [-0.4, -0.2) is 20.5 Å². The van der Waals surface area contributed by atoms with Crippen molar-refractivity contribution in [3.05, 3.63) is 29.8 Å². The van der Waals surface area contributed by atoms with Gasteiger partial charge in [-0.1, -0.05) is 12.1 Å². The number of rotatable bonds is 5. The molecule has 3 nitrogen and oxygen atoms in total. The number of hydrogen-bond donors (Lipinski definition) is 0. The van der Waals surface area contributed by atoms with Crippen LogP contribution in [0.5, 0.6) is 5.75 Å². The van der Waals surface area contributed by atoms with Gasteiger partial charge < -0.3 is 14.2 Å². The molecule has 0 aromatic heterocycles. The molecule has 0 fully saturated rings. The molecule has 0 aliphatic heterocycles. The second-order valence-corrected chi connectivity index (χ2v) is 2.96. The molecule has 1 aromatic carbocycles. The minimum Gasteiger partial charge on any atom is -0.497 e. The molecule has 0 bridgehead atoms. The standard InChI is InChI=1S/C11H16O3/c1-9(12-2)14-8-10-4-6-11(13-3)7-5-10/h4-7,9H,8H2,1-3H3. The molecule has 0 radical (unpaired) electrons. The first-order valence-electron chi connectivity index (χ1n) is 4.53. The van der Waals surface area contributed by atoms with Gasteiger partial charge in [0.25, 0.3) is 0 Å². The first-order chi connectivity index (χ1) is 6.76. The highest BCUT2D eigenvalue weighted by Gasteiger charge is 1.99. The number of ether oxygens (including phenoxy) is 3. The molecule has 1 unspecified atom stereocenters. The molecule has 0 saturated carbocycles. The fraction of sp³-hybridized carbons (Fsp3) is 0.455. The molecule has 3 heteroatoms. The summed E-state index contributed by atoms with van der Waals surface area (Å²) in [5, 5.41) is 0. The van der Waals surface area contributed by atoms with Gasteiger partial charge in [0.2, 0.25) is 0 Å². The zero-order valence-electron chi connectivity index (χ0n) is 8.82. The Morgan fingerprint density at radius 2 is 1.79 bits per heavy atom. The molecule has 0 aliphatic carbocycles. The van der Waals surface area contributed by atoms with Crippen LogP contribution in [0.1, 0.15) is 12.5 Å². The molecule has 0 saturated heterocycles. The van der Waals surface area contributed by atoms with Gasteiger partial charge in [-0.05, 0) is 24.6 Å². The molecular weight excluding hydrogens is 180 g/mol. The molecule has 1 rings (SSSR count). The fourth-order valence-electron chi connectivity index (χ4n) is 1.00. The van der Waals surface area contributed by atoms with E-state index in [0.29, 0.717) is 6.61 Å². The molecule has 78 valence electrons. The van der Waals surface area contributed by atoms with E-state index in [1.54, 1.807) is 14.2 Å². The van der Waals surface area contributed by atoms with Crippen molar-refractivity contribution < 1.29 is 14.2 Å². The van der Waals surface area contributed by atoms with Crippen molar-refractivity contribution in [1.82, 2.24) is 0 Å². The van der Waals surface area contributed by atoms with Gasteiger partial charge in [0.05, 0.1) is 13.7 Å². The lowest BCUT2D eigenvalue weighted by Crippen LogP contribution is -2.09. The average molecular weight is 196 g/mol. The summed E-state index contributed by atoms with van der Waals surface area (Å²) >= 11 is 0. The molecule has 0 aliphatic rings. The SMILES string of the molecule is COc1ccc(COC(C)OC)cc1. The van der Waals surface area contributed by atoms with E-state index in [-0.39, 0.29) is 6.29 Å². The Labute approximate surface area is 84.6 Å². The predicted octanol–water partition coefficient (Wildman–Crippen LogP) is 2.20. The van der Waals surface area contributed by atoms with Crippen molar-refractivity contribution in [3.8, 4) is 5.75 Å². The Morgan fingerprint density at radius 1 is 1.14 bits per heavy atom. The number of methoxy groups -OCH3 is 2. The molecule has 0 spiro atoms. The Bertz CT molecular complexity index is 256. The minimum absolute atomic E-state index is 0.169. The van der Waals surface area contributed by atoms with E-state index in [9.17, 15) is 0 Å². The molecule has 0 heterocycles. The Balaban J connectivity index is 2.43. The Kier molecular flexibility index (Phi) is 4.43. The molecule has 0 amide bonds. The molecule has 0 N–H and O–H groups in total. The first kappa shape index (κ1) is 11.0. The topological polar surface area (TPSA) is 27.7 Å². The lowest BCUT2D eigenvalue weighted by Gasteiger charge is -2.10. The third kappa shape index (κ3) is 3.36. The van der Waals surface area contributed by atoms with E-state index in [1.165, 1.54) is 0 Å². The van der Waals surface area contributed by atoms with Crippen LogP contribution in [0.2, 0.25) is 0 Å². The van der Waals surface area contributed by atoms with E-state index in [4.69, 9.17) is 14.2 Å². The van der Waals surface area contributed by atoms with Crippen LogP contribution in [0.4, 0.5) is 0 Å². The summed E-state index contributed by atoms with van der Waals surface area (Å²) in [7, 11) is 3.27. The van der Waals surface area contributed by atoms with Crippen molar-refractivity contribution in [2.75, 3.05) is 14.2 Å². The van der Waals surface area contributed by atoms with Crippen LogP contribution >= 0.6 is 0 Å². The van der Waals surface area contributed by atoms with Gasteiger partial charge in [-0.25, -0.2) is 0 Å². The summed E-state index contributed by atoms with van der Waals surface area (Å²) in [6.07, 6.45) is -0.169. The summed E-state index contributed by atoms with van der Waals surface area (Å²) in [4.78, 5) is 0. The van der Waals surface area contributed by atoms with Gasteiger partial charge in [0, 0.05) is 7.11 Å². The van der Waals surface area contributed by atoms with Gasteiger partial charge in [0.1, 0.15) is 5.75 Å². The van der Waals surface area contributed by atoms with Crippen LogP contribution in [0, 0.1) is 0 Å². The van der Waals surface area contributed by atoms with Crippen LogP contribution in [-0.2, 0) is 16.1 Å². The number of benzene rings is 1. The highest BCUT2D eigenvalue weighted by atomic mass is 16.7. The minimum atomic E-state index is -0.169. The van der Waals surface area contributed by atoms with Crippen molar-refractivity contribution in [3.63, 3.8) is 0 Å². The molecular formula is C11H16O3. The Morgan fingerprint density at radius 3 is 2.29 bits per heavy atom. The molecule has 1 aromatic rings. The maximum atomic E-state index is 5.39. The normalized spacial score (nSPS) is 12.5. The van der Waals surface area contributed by atoms with Gasteiger partial charge >= 0.3 is 0 Å². The fourth-order valence-corrected chi connectivity index (χ4v) is 1.00. The zero-order valence-corrected chi connectivity index (χ0v) is 8.82. The summed E-state index contributed by atoms with van der Waals surface area (Å²) in [5.41, 5.74) is 1.11. The van der Waals surface area contributed by atoms with Crippen molar-refractivity contribution in [2.45, 2.75) is 19.8 Å². The van der Waals surface area contributed by atoms with Crippen LogP contribution < -0.4 is 4.74 Å². The lowest BCUT2D eigenvalue weighted by atomic mass is 10.2. The second kappa shape index (κ2) is 5.62. The van der Waals surface area contributed by atoms with Crippen molar-refractivity contribution >= 4 is 0 Å². The maximum absolute atomic E-state index is 5.39. The first-order valence-corrected chi connectivity index (χ1v) is 4.53. The highest BCUT2D eigenvalue weighted by Crippen LogP contribution is 2.12. The molecule has 14 heavy (non-hydrogen) atoms. The second-order valence-electron chi connectivity index (χ2n) is 2.96. The average Bonchev–Trinajstić information content (AvgIpc) is 2.26. The summed E-state index contributed by atoms with van der Waals surface area (Å²) in [5.74, 6) is 0.855. The van der Waals surface area contributed by atoms with E-state index < -0.39 is 0 Å². The van der Waals surface area contributed by atoms with Crippen molar-refractivity contribution in [1.29, 1.82) is 0 Å². The third-order valence-electron chi connectivity index (χ3n) is 1.98.